The van der Waals surface area contributed by atoms with E-state index in [0.717, 1.165) is 5.69 Å². The maximum absolute atomic E-state index is 11.9. The van der Waals surface area contributed by atoms with E-state index in [1.165, 1.54) is 6.20 Å². The number of nitrogens with zero attached hydrogens (tertiary/aromatic N) is 2. The summed E-state index contributed by atoms with van der Waals surface area (Å²) in [6.07, 6.45) is -3.38. The Morgan fingerprint density at radius 2 is 2.19 bits per heavy atom. The highest BCUT2D eigenvalue weighted by Crippen LogP contribution is 2.15. The largest absolute Gasteiger partial charge is 0.471 e. The Balaban J connectivity index is 2.62. The number of nitrogens with one attached hydrogen (secondary N) is 1. The summed E-state index contributed by atoms with van der Waals surface area (Å²) < 4.78 is 37.3. The van der Waals surface area contributed by atoms with Crippen LogP contribution in [-0.4, -0.2) is 21.9 Å². The molecule has 0 radical (unpaired) electrons. The highest BCUT2D eigenvalue weighted by Gasteiger charge is 2.38. The molecule has 1 aromatic heterocycles. The van der Waals surface area contributed by atoms with Crippen molar-refractivity contribution < 1.29 is 18.0 Å². The van der Waals surface area contributed by atoms with Crippen molar-refractivity contribution in [1.82, 2.24) is 15.1 Å². The van der Waals surface area contributed by atoms with Crippen LogP contribution in [0.5, 0.6) is 0 Å². The van der Waals surface area contributed by atoms with Crippen LogP contribution in [-0.2, 0) is 17.9 Å². The van der Waals surface area contributed by atoms with Crippen molar-refractivity contribution in [2.75, 3.05) is 0 Å². The second-order valence-electron chi connectivity index (χ2n) is 3.25. The molecule has 0 saturated heterocycles. The zero-order valence-electron chi connectivity index (χ0n) is 8.93. The van der Waals surface area contributed by atoms with Gasteiger partial charge < -0.3 is 5.32 Å². The summed E-state index contributed by atoms with van der Waals surface area (Å²) in [5.41, 5.74) is 1.34. The molecule has 7 heteroatoms. The first-order valence-corrected chi connectivity index (χ1v) is 4.72. The molecule has 1 N–H and O–H groups in total. The van der Waals surface area contributed by atoms with Gasteiger partial charge in [-0.3, -0.25) is 9.48 Å². The van der Waals surface area contributed by atoms with Gasteiger partial charge in [-0.25, -0.2) is 0 Å². The van der Waals surface area contributed by atoms with Crippen LogP contribution in [0, 0.1) is 6.92 Å². The van der Waals surface area contributed by atoms with Crippen molar-refractivity contribution in [1.29, 1.82) is 0 Å². The number of halogens is 3. The van der Waals surface area contributed by atoms with Gasteiger partial charge in [0.15, 0.2) is 0 Å². The maximum atomic E-state index is 11.9. The van der Waals surface area contributed by atoms with Crippen molar-refractivity contribution in [2.45, 2.75) is 33.1 Å². The maximum Gasteiger partial charge on any atom is 0.471 e. The fourth-order valence-electron chi connectivity index (χ4n) is 1.25. The molecule has 1 amide bonds. The summed E-state index contributed by atoms with van der Waals surface area (Å²) >= 11 is 0. The van der Waals surface area contributed by atoms with Gasteiger partial charge in [0.05, 0.1) is 6.20 Å². The minimum atomic E-state index is -4.84. The molecule has 1 rings (SSSR count). The third-order valence-corrected chi connectivity index (χ3v) is 2.20. The normalized spacial score (nSPS) is 11.6. The minimum Gasteiger partial charge on any atom is -0.344 e. The van der Waals surface area contributed by atoms with Crippen LogP contribution in [0.15, 0.2) is 6.20 Å². The Labute approximate surface area is 90.4 Å². The number of aromatic nitrogens is 2. The average molecular weight is 235 g/mol. The van der Waals surface area contributed by atoms with Gasteiger partial charge in [0, 0.05) is 24.3 Å². The van der Waals surface area contributed by atoms with Crippen LogP contribution in [0.2, 0.25) is 0 Å². The number of hydrogen-bond donors (Lipinski definition) is 1. The molecular weight excluding hydrogens is 223 g/mol. The van der Waals surface area contributed by atoms with Gasteiger partial charge >= 0.3 is 12.1 Å². The lowest BCUT2D eigenvalue weighted by molar-refractivity contribution is -0.173. The van der Waals surface area contributed by atoms with E-state index in [2.05, 4.69) is 5.10 Å². The minimum absolute atomic E-state index is 0.163. The molecule has 0 unspecified atom stereocenters. The number of alkyl halides is 3. The standard InChI is InChI=1S/C9H12F3N3O/c1-3-15-6(2)7(5-14-15)4-13-8(16)9(10,11)12/h5H,3-4H2,1-2H3,(H,13,16). The zero-order valence-corrected chi connectivity index (χ0v) is 8.93. The number of carbonyl (C=O) groups is 1. The molecule has 16 heavy (non-hydrogen) atoms. The number of carbonyl (C=O) groups excluding carboxylic acids is 1. The summed E-state index contributed by atoms with van der Waals surface area (Å²) in [5, 5.41) is 5.76. The van der Waals surface area contributed by atoms with Crippen molar-refractivity contribution >= 4 is 5.91 Å². The molecule has 0 aliphatic heterocycles. The summed E-state index contributed by atoms with van der Waals surface area (Å²) in [6, 6.07) is 0. The van der Waals surface area contributed by atoms with Crippen LogP contribution >= 0.6 is 0 Å². The SMILES string of the molecule is CCn1ncc(CNC(=O)C(F)(F)F)c1C. The molecule has 0 atom stereocenters. The van der Waals surface area contributed by atoms with E-state index in [-0.39, 0.29) is 6.54 Å². The van der Waals surface area contributed by atoms with Gasteiger partial charge in [-0.15, -0.1) is 0 Å². The van der Waals surface area contributed by atoms with E-state index < -0.39 is 12.1 Å². The lowest BCUT2D eigenvalue weighted by atomic mass is 10.2. The molecule has 0 bridgehead atoms. The molecule has 0 aliphatic rings. The van der Waals surface area contributed by atoms with Crippen LogP contribution < -0.4 is 5.32 Å². The first kappa shape index (κ1) is 12.5. The Morgan fingerprint density at radius 3 is 2.62 bits per heavy atom. The molecular formula is C9H12F3N3O. The van der Waals surface area contributed by atoms with E-state index >= 15 is 0 Å². The first-order chi connectivity index (χ1) is 7.36. The third-order valence-electron chi connectivity index (χ3n) is 2.20. The van der Waals surface area contributed by atoms with Crippen LogP contribution in [0.3, 0.4) is 0 Å². The Morgan fingerprint density at radius 1 is 1.56 bits per heavy atom. The van der Waals surface area contributed by atoms with Gasteiger partial charge in [-0.2, -0.15) is 18.3 Å². The molecule has 0 aromatic carbocycles. The molecule has 4 nitrogen and oxygen atoms in total. The van der Waals surface area contributed by atoms with Crippen LogP contribution in [0.4, 0.5) is 13.2 Å². The van der Waals surface area contributed by atoms with E-state index in [1.807, 2.05) is 6.92 Å². The predicted molar refractivity (Wildman–Crippen MR) is 50.5 cm³/mol. The first-order valence-electron chi connectivity index (χ1n) is 4.72. The smallest absolute Gasteiger partial charge is 0.344 e. The van der Waals surface area contributed by atoms with Crippen molar-refractivity contribution in [2.24, 2.45) is 0 Å². The third kappa shape index (κ3) is 2.74. The summed E-state index contributed by atoms with van der Waals surface area (Å²) in [6.45, 7) is 4.09. The Hall–Kier alpha value is -1.53. The van der Waals surface area contributed by atoms with Gasteiger partial charge in [-0.1, -0.05) is 0 Å². The lowest BCUT2D eigenvalue weighted by Crippen LogP contribution is -2.36. The Kier molecular flexibility index (Phi) is 3.56. The van der Waals surface area contributed by atoms with Crippen molar-refractivity contribution in [3.05, 3.63) is 17.5 Å². The quantitative estimate of drug-likeness (QED) is 0.860. The molecule has 0 saturated carbocycles. The summed E-state index contributed by atoms with van der Waals surface area (Å²) in [7, 11) is 0. The van der Waals surface area contributed by atoms with Crippen molar-refractivity contribution in [3.63, 3.8) is 0 Å². The van der Waals surface area contributed by atoms with E-state index in [9.17, 15) is 18.0 Å². The van der Waals surface area contributed by atoms with Crippen LogP contribution in [0.1, 0.15) is 18.2 Å². The van der Waals surface area contributed by atoms with E-state index in [4.69, 9.17) is 0 Å². The highest BCUT2D eigenvalue weighted by molar-refractivity contribution is 5.81. The summed E-state index contributed by atoms with van der Waals surface area (Å²) in [4.78, 5) is 10.6. The zero-order chi connectivity index (χ0) is 12.3. The van der Waals surface area contributed by atoms with Crippen LogP contribution in [0.25, 0.3) is 0 Å². The number of amides is 1. The molecule has 1 heterocycles. The lowest BCUT2D eigenvalue weighted by Gasteiger charge is -2.07. The molecule has 90 valence electrons. The van der Waals surface area contributed by atoms with Gasteiger partial charge in [0.2, 0.25) is 0 Å². The topological polar surface area (TPSA) is 46.9 Å². The number of aryl methyl sites for hydroxylation is 1. The average Bonchev–Trinajstić information content (AvgIpc) is 2.54. The molecule has 0 fully saturated rings. The van der Waals surface area contributed by atoms with Gasteiger partial charge in [-0.05, 0) is 13.8 Å². The number of hydrogen-bond acceptors (Lipinski definition) is 2. The summed E-state index contributed by atoms with van der Waals surface area (Å²) in [5.74, 6) is -1.93. The Bertz CT molecular complexity index is 384. The van der Waals surface area contributed by atoms with E-state index in [0.29, 0.717) is 12.1 Å². The van der Waals surface area contributed by atoms with Gasteiger partial charge in [0.1, 0.15) is 0 Å². The van der Waals surface area contributed by atoms with Crippen molar-refractivity contribution in [3.8, 4) is 0 Å². The number of rotatable bonds is 3. The van der Waals surface area contributed by atoms with Gasteiger partial charge in [0.25, 0.3) is 0 Å². The molecule has 0 spiro atoms. The molecule has 0 aliphatic carbocycles. The van der Waals surface area contributed by atoms with E-state index in [1.54, 1.807) is 16.9 Å². The molecule has 1 aromatic rings. The monoisotopic (exact) mass is 235 g/mol. The second kappa shape index (κ2) is 4.54. The fraction of sp³-hybridized carbons (Fsp3) is 0.556. The second-order valence-corrected chi connectivity index (χ2v) is 3.25. The fourth-order valence-corrected chi connectivity index (χ4v) is 1.25. The predicted octanol–water partition coefficient (Wildman–Crippen LogP) is 1.39. The highest BCUT2D eigenvalue weighted by atomic mass is 19.4.